The number of carbonyl (C=O) groups excluding carboxylic acids is 2. The number of methoxy groups -OCH3 is 2. The number of nitrogens with one attached hydrogen (secondary N) is 1. The number of thiophene rings is 1. The van der Waals surface area contributed by atoms with E-state index in [0.29, 0.717) is 27.9 Å². The van der Waals surface area contributed by atoms with E-state index in [1.165, 1.54) is 18.4 Å². The Balaban J connectivity index is 2.04. The fraction of sp³-hybridized carbons (Fsp3) is 0.263. The first-order chi connectivity index (χ1) is 13.0. The van der Waals surface area contributed by atoms with Crippen molar-refractivity contribution in [2.75, 3.05) is 19.5 Å². The Morgan fingerprint density at radius 1 is 1.26 bits per heavy atom. The predicted octanol–water partition coefficient (Wildman–Crippen LogP) is 4.74. The number of amides is 1. The molecule has 1 N–H and O–H groups in total. The van der Waals surface area contributed by atoms with E-state index in [9.17, 15) is 9.59 Å². The molecule has 3 rings (SSSR count). The molecule has 8 heteroatoms. The molecule has 0 fully saturated rings. The summed E-state index contributed by atoms with van der Waals surface area (Å²) in [6.45, 7) is 1.88. The van der Waals surface area contributed by atoms with Crippen molar-refractivity contribution >= 4 is 50.7 Å². The lowest BCUT2D eigenvalue weighted by Gasteiger charge is -2.20. The maximum atomic E-state index is 13.1. The summed E-state index contributed by atoms with van der Waals surface area (Å²) in [5.41, 5.74) is 1.61. The molecule has 3 aromatic rings. The van der Waals surface area contributed by atoms with Crippen molar-refractivity contribution in [3.8, 4) is 5.75 Å². The van der Waals surface area contributed by atoms with E-state index in [-0.39, 0.29) is 5.91 Å². The van der Waals surface area contributed by atoms with E-state index in [1.807, 2.05) is 19.1 Å². The molecule has 1 atom stereocenters. The van der Waals surface area contributed by atoms with Crippen LogP contribution in [0.1, 0.15) is 29.9 Å². The lowest BCUT2D eigenvalue weighted by atomic mass is 10.1. The third-order valence-corrected chi connectivity index (χ3v) is 5.46. The molecule has 2 aromatic heterocycles. The number of hydrogen-bond acceptors (Lipinski definition) is 5. The van der Waals surface area contributed by atoms with Crippen LogP contribution >= 0.6 is 22.9 Å². The molecular formula is C19H19ClN2O4S. The molecule has 1 unspecified atom stereocenters. The molecule has 1 aromatic carbocycles. The Hall–Kier alpha value is -2.51. The van der Waals surface area contributed by atoms with Gasteiger partial charge in [0.1, 0.15) is 17.5 Å². The number of hydrogen-bond donors (Lipinski definition) is 1. The second kappa shape index (κ2) is 8.02. The van der Waals surface area contributed by atoms with Gasteiger partial charge in [-0.05, 0) is 30.7 Å². The van der Waals surface area contributed by atoms with Gasteiger partial charge < -0.3 is 19.4 Å². The molecule has 27 heavy (non-hydrogen) atoms. The van der Waals surface area contributed by atoms with Gasteiger partial charge in [0.05, 0.1) is 34.5 Å². The first-order valence-electron chi connectivity index (χ1n) is 8.32. The van der Waals surface area contributed by atoms with E-state index in [1.54, 1.807) is 35.9 Å². The highest BCUT2D eigenvalue weighted by molar-refractivity contribution is 7.22. The first kappa shape index (κ1) is 19.3. The largest absolute Gasteiger partial charge is 0.495 e. The second-order valence-corrected chi connectivity index (χ2v) is 7.52. The number of carbonyl (C=O) groups is 2. The van der Waals surface area contributed by atoms with Gasteiger partial charge in [-0.3, -0.25) is 4.79 Å². The second-order valence-electron chi connectivity index (χ2n) is 5.80. The number of anilines is 1. The molecule has 0 saturated heterocycles. The maximum Gasteiger partial charge on any atom is 0.354 e. The van der Waals surface area contributed by atoms with Gasteiger partial charge in [-0.25, -0.2) is 4.79 Å². The molecule has 0 aliphatic carbocycles. The van der Waals surface area contributed by atoms with Crippen molar-refractivity contribution in [1.29, 1.82) is 0 Å². The number of nitrogens with zero attached hydrogens (tertiary/aromatic N) is 1. The van der Waals surface area contributed by atoms with E-state index in [4.69, 9.17) is 21.1 Å². The summed E-state index contributed by atoms with van der Waals surface area (Å²) in [6, 6.07) is 10.0. The van der Waals surface area contributed by atoms with E-state index < -0.39 is 12.0 Å². The molecule has 0 aliphatic rings. The van der Waals surface area contributed by atoms with Gasteiger partial charge in [-0.2, -0.15) is 0 Å². The average molecular weight is 407 g/mol. The van der Waals surface area contributed by atoms with Crippen LogP contribution < -0.4 is 10.1 Å². The molecule has 0 aliphatic heterocycles. The van der Waals surface area contributed by atoms with Crippen LogP contribution in [0.4, 0.5) is 5.69 Å². The minimum atomic E-state index is -0.618. The third kappa shape index (κ3) is 3.65. The van der Waals surface area contributed by atoms with E-state index >= 15 is 0 Å². The molecule has 2 heterocycles. The quantitative estimate of drug-likeness (QED) is 0.600. The molecule has 0 saturated carbocycles. The Bertz CT molecular complexity index is 995. The van der Waals surface area contributed by atoms with Crippen LogP contribution in [0.5, 0.6) is 5.75 Å². The highest BCUT2D eigenvalue weighted by Gasteiger charge is 2.28. The molecular weight excluding hydrogens is 388 g/mol. The average Bonchev–Trinajstić information content (AvgIpc) is 3.19. The predicted molar refractivity (Wildman–Crippen MR) is 107 cm³/mol. The summed E-state index contributed by atoms with van der Waals surface area (Å²) in [6.07, 6.45) is 0.474. The van der Waals surface area contributed by atoms with Crippen LogP contribution in [0, 0.1) is 0 Å². The number of aromatic nitrogens is 1. The SMILES string of the molecule is CCC(C(=O)Nc1ccccc1OC)n1c(C(=O)OC)cc2sc(Cl)cc21. The number of fused-ring (bicyclic) bond motifs is 1. The van der Waals surface area contributed by atoms with Gasteiger partial charge in [0.2, 0.25) is 5.91 Å². The van der Waals surface area contributed by atoms with Gasteiger partial charge in [0.25, 0.3) is 0 Å². The number of para-hydroxylation sites is 2. The van der Waals surface area contributed by atoms with Crippen LogP contribution in [0.3, 0.4) is 0 Å². The number of rotatable bonds is 6. The zero-order valence-corrected chi connectivity index (χ0v) is 16.7. The third-order valence-electron chi connectivity index (χ3n) is 4.26. The van der Waals surface area contributed by atoms with Crippen molar-refractivity contribution in [3.05, 3.63) is 46.4 Å². The Kier molecular flexibility index (Phi) is 5.72. The van der Waals surface area contributed by atoms with Crippen LogP contribution in [-0.2, 0) is 9.53 Å². The zero-order valence-electron chi connectivity index (χ0n) is 15.1. The van der Waals surface area contributed by atoms with Gasteiger partial charge >= 0.3 is 5.97 Å². The smallest absolute Gasteiger partial charge is 0.354 e. The summed E-state index contributed by atoms with van der Waals surface area (Å²) in [5.74, 6) is -0.199. The van der Waals surface area contributed by atoms with Gasteiger partial charge in [-0.15, -0.1) is 11.3 Å². The lowest BCUT2D eigenvalue weighted by Crippen LogP contribution is -2.28. The van der Waals surface area contributed by atoms with Crippen molar-refractivity contribution in [2.24, 2.45) is 0 Å². The number of ether oxygens (including phenoxy) is 2. The summed E-state index contributed by atoms with van der Waals surface area (Å²) in [4.78, 5) is 25.3. The normalized spacial score (nSPS) is 12.0. The molecule has 6 nitrogen and oxygen atoms in total. The van der Waals surface area contributed by atoms with Crippen LogP contribution in [0.2, 0.25) is 4.34 Å². The Labute approximate surface area is 165 Å². The standard InChI is InChI=1S/C19H19ClN2O4S/c1-4-12(18(23)21-11-7-5-6-8-15(11)25-2)22-13-10-17(20)27-16(13)9-14(22)19(24)26-3/h5-10,12H,4H2,1-3H3,(H,21,23). The van der Waals surface area contributed by atoms with Crippen molar-refractivity contribution < 1.29 is 19.1 Å². The van der Waals surface area contributed by atoms with Gasteiger partial charge in [0, 0.05) is 0 Å². The first-order valence-corrected chi connectivity index (χ1v) is 9.52. The minimum absolute atomic E-state index is 0.257. The summed E-state index contributed by atoms with van der Waals surface area (Å²) in [5, 5.41) is 2.89. The fourth-order valence-electron chi connectivity index (χ4n) is 3.03. The molecule has 0 radical (unpaired) electrons. The Morgan fingerprint density at radius 2 is 2.00 bits per heavy atom. The minimum Gasteiger partial charge on any atom is -0.495 e. The highest BCUT2D eigenvalue weighted by Crippen LogP contribution is 2.36. The topological polar surface area (TPSA) is 69.6 Å². The summed E-state index contributed by atoms with van der Waals surface area (Å²) < 4.78 is 13.3. The van der Waals surface area contributed by atoms with Crippen molar-refractivity contribution in [2.45, 2.75) is 19.4 Å². The van der Waals surface area contributed by atoms with Crippen LogP contribution in [0.15, 0.2) is 36.4 Å². The summed E-state index contributed by atoms with van der Waals surface area (Å²) in [7, 11) is 2.86. The monoisotopic (exact) mass is 406 g/mol. The number of halogens is 1. The molecule has 1 amide bonds. The van der Waals surface area contributed by atoms with Gasteiger partial charge in [0.15, 0.2) is 0 Å². The zero-order chi connectivity index (χ0) is 19.6. The van der Waals surface area contributed by atoms with E-state index in [0.717, 1.165) is 10.2 Å². The van der Waals surface area contributed by atoms with Crippen LogP contribution in [-0.4, -0.2) is 30.7 Å². The number of benzene rings is 1. The molecule has 142 valence electrons. The van der Waals surface area contributed by atoms with E-state index in [2.05, 4.69) is 5.32 Å². The number of esters is 1. The van der Waals surface area contributed by atoms with Gasteiger partial charge in [-0.1, -0.05) is 30.7 Å². The van der Waals surface area contributed by atoms with Crippen molar-refractivity contribution in [3.63, 3.8) is 0 Å². The molecule has 0 spiro atoms. The fourth-order valence-corrected chi connectivity index (χ4v) is 4.19. The van der Waals surface area contributed by atoms with Crippen LogP contribution in [0.25, 0.3) is 10.2 Å². The molecule has 0 bridgehead atoms. The summed E-state index contributed by atoms with van der Waals surface area (Å²) >= 11 is 7.48. The maximum absolute atomic E-state index is 13.1. The Morgan fingerprint density at radius 3 is 2.67 bits per heavy atom. The lowest BCUT2D eigenvalue weighted by molar-refractivity contribution is -0.119. The highest BCUT2D eigenvalue weighted by atomic mass is 35.5. The van der Waals surface area contributed by atoms with Crippen molar-refractivity contribution in [1.82, 2.24) is 4.57 Å².